The van der Waals surface area contributed by atoms with E-state index < -0.39 is 24.1 Å². The Hall–Kier alpha value is -0.780. The van der Waals surface area contributed by atoms with Crippen LogP contribution in [0.15, 0.2) is 0 Å². The maximum absolute atomic E-state index is 11.8. The highest BCUT2D eigenvalue weighted by molar-refractivity contribution is 5.72. The van der Waals surface area contributed by atoms with E-state index in [2.05, 4.69) is 0 Å². The van der Waals surface area contributed by atoms with Crippen LogP contribution in [0.4, 0.5) is 13.2 Å². The predicted molar refractivity (Wildman–Crippen MR) is 29.0 cm³/mol. The zero-order valence-electron chi connectivity index (χ0n) is 5.35. The Morgan fingerprint density at radius 1 is 1.55 bits per heavy atom. The van der Waals surface area contributed by atoms with Gasteiger partial charge in [-0.1, -0.05) is 0 Å². The van der Waals surface area contributed by atoms with E-state index in [1.165, 1.54) is 0 Å². The molecular weight excluding hydrogens is 163 g/mol. The first kappa shape index (κ1) is 8.32. The minimum absolute atomic E-state index is 0.0977. The molecule has 1 aliphatic rings. The molecule has 0 amide bonds. The number of hydrogen-bond acceptors (Lipinski definition) is 2. The number of hydrogen-bond donors (Lipinski definition) is 2. The van der Waals surface area contributed by atoms with Gasteiger partial charge in [0.2, 0.25) is 0 Å². The standard InChI is InChI=1S/C5H6F3NO2/c6-5(7,8)3-2(1-9-3)4(10)11/h2-3,9H,1H2,(H,10,11). The molecule has 0 saturated carbocycles. The number of alkyl halides is 3. The van der Waals surface area contributed by atoms with Crippen LogP contribution >= 0.6 is 0 Å². The van der Waals surface area contributed by atoms with Crippen molar-refractivity contribution in [2.45, 2.75) is 12.2 Å². The molecule has 0 radical (unpaired) electrons. The van der Waals surface area contributed by atoms with Gasteiger partial charge in [-0.25, -0.2) is 0 Å². The zero-order chi connectivity index (χ0) is 8.65. The van der Waals surface area contributed by atoms with Gasteiger partial charge in [-0.05, 0) is 0 Å². The van der Waals surface area contributed by atoms with Crippen molar-refractivity contribution in [3.05, 3.63) is 0 Å². The quantitative estimate of drug-likeness (QED) is 0.590. The minimum atomic E-state index is -4.44. The first-order valence-electron chi connectivity index (χ1n) is 2.96. The van der Waals surface area contributed by atoms with Crippen LogP contribution < -0.4 is 5.32 Å². The summed E-state index contributed by atoms with van der Waals surface area (Å²) in [6.45, 7) is -0.0977. The summed E-state index contributed by atoms with van der Waals surface area (Å²) in [5, 5.41) is 10.2. The summed E-state index contributed by atoms with van der Waals surface area (Å²) >= 11 is 0. The van der Waals surface area contributed by atoms with E-state index in [0.717, 1.165) is 0 Å². The molecule has 64 valence electrons. The summed E-state index contributed by atoms with van der Waals surface area (Å²) in [7, 11) is 0. The molecule has 1 saturated heterocycles. The molecule has 3 nitrogen and oxygen atoms in total. The number of carboxylic acids is 1. The monoisotopic (exact) mass is 169 g/mol. The van der Waals surface area contributed by atoms with E-state index in [-0.39, 0.29) is 6.54 Å². The third-order valence-corrected chi connectivity index (χ3v) is 1.63. The number of nitrogens with one attached hydrogen (secondary N) is 1. The highest BCUT2D eigenvalue weighted by atomic mass is 19.4. The maximum Gasteiger partial charge on any atom is 0.404 e. The summed E-state index contributed by atoms with van der Waals surface area (Å²) in [6.07, 6.45) is -4.44. The highest BCUT2D eigenvalue weighted by Crippen LogP contribution is 2.30. The van der Waals surface area contributed by atoms with Crippen molar-refractivity contribution >= 4 is 5.97 Å². The van der Waals surface area contributed by atoms with Crippen molar-refractivity contribution in [1.82, 2.24) is 5.32 Å². The second-order valence-corrected chi connectivity index (χ2v) is 2.37. The van der Waals surface area contributed by atoms with E-state index >= 15 is 0 Å². The lowest BCUT2D eigenvalue weighted by atomic mass is 9.91. The van der Waals surface area contributed by atoms with E-state index in [1.54, 1.807) is 0 Å². The molecule has 2 atom stereocenters. The van der Waals surface area contributed by atoms with Gasteiger partial charge in [0, 0.05) is 6.54 Å². The van der Waals surface area contributed by atoms with Crippen LogP contribution in [0.25, 0.3) is 0 Å². The smallest absolute Gasteiger partial charge is 0.404 e. The van der Waals surface area contributed by atoms with Gasteiger partial charge >= 0.3 is 12.1 Å². The molecule has 1 aliphatic heterocycles. The zero-order valence-corrected chi connectivity index (χ0v) is 5.35. The lowest BCUT2D eigenvalue weighted by Crippen LogP contribution is -2.63. The highest BCUT2D eigenvalue weighted by Gasteiger charge is 2.52. The second kappa shape index (κ2) is 2.37. The fraction of sp³-hybridized carbons (Fsp3) is 0.800. The van der Waals surface area contributed by atoms with E-state index in [9.17, 15) is 18.0 Å². The van der Waals surface area contributed by atoms with Crippen molar-refractivity contribution in [1.29, 1.82) is 0 Å². The lowest BCUT2D eigenvalue weighted by Gasteiger charge is -2.35. The Kier molecular flexibility index (Phi) is 1.79. The lowest BCUT2D eigenvalue weighted by molar-refractivity contribution is -0.195. The normalized spacial score (nSPS) is 31.2. The molecule has 0 spiro atoms. The van der Waals surface area contributed by atoms with Crippen LogP contribution in [0, 0.1) is 5.92 Å². The number of carbonyl (C=O) groups is 1. The second-order valence-electron chi connectivity index (χ2n) is 2.37. The van der Waals surface area contributed by atoms with E-state index in [1.807, 2.05) is 5.32 Å². The first-order valence-corrected chi connectivity index (χ1v) is 2.96. The number of aliphatic carboxylic acids is 1. The number of rotatable bonds is 1. The minimum Gasteiger partial charge on any atom is -0.481 e. The van der Waals surface area contributed by atoms with Crippen molar-refractivity contribution in [2.75, 3.05) is 6.54 Å². The molecule has 1 rings (SSSR count). The summed E-state index contributed by atoms with van der Waals surface area (Å²) in [5.41, 5.74) is 0. The molecule has 11 heavy (non-hydrogen) atoms. The third kappa shape index (κ3) is 1.45. The van der Waals surface area contributed by atoms with Crippen molar-refractivity contribution in [3.8, 4) is 0 Å². The van der Waals surface area contributed by atoms with Gasteiger partial charge in [0.25, 0.3) is 0 Å². The van der Waals surface area contributed by atoms with Crippen LogP contribution in [0.5, 0.6) is 0 Å². The molecule has 1 fully saturated rings. The molecule has 2 unspecified atom stereocenters. The van der Waals surface area contributed by atoms with Crippen molar-refractivity contribution in [3.63, 3.8) is 0 Å². The van der Waals surface area contributed by atoms with E-state index in [0.29, 0.717) is 0 Å². The fourth-order valence-electron chi connectivity index (χ4n) is 0.927. The van der Waals surface area contributed by atoms with Crippen LogP contribution in [-0.4, -0.2) is 29.8 Å². The van der Waals surface area contributed by atoms with Crippen molar-refractivity contribution < 1.29 is 23.1 Å². The van der Waals surface area contributed by atoms with Gasteiger partial charge in [-0.3, -0.25) is 4.79 Å². The number of halogens is 3. The predicted octanol–water partition coefficient (Wildman–Crippen LogP) is 0.221. The van der Waals surface area contributed by atoms with Crippen LogP contribution in [-0.2, 0) is 4.79 Å². The molecule has 0 aromatic heterocycles. The molecule has 1 heterocycles. The Bertz CT molecular complexity index is 179. The molecule has 0 aromatic carbocycles. The molecule has 0 bridgehead atoms. The number of carboxylic acid groups (broad SMARTS) is 1. The summed E-state index contributed by atoms with van der Waals surface area (Å²) in [5.74, 6) is -2.71. The molecule has 0 aliphatic carbocycles. The van der Waals surface area contributed by atoms with E-state index in [4.69, 9.17) is 5.11 Å². The van der Waals surface area contributed by atoms with Gasteiger partial charge in [0.15, 0.2) is 0 Å². The Morgan fingerprint density at radius 2 is 2.09 bits per heavy atom. The first-order chi connectivity index (χ1) is 4.93. The van der Waals surface area contributed by atoms with Crippen LogP contribution in [0.3, 0.4) is 0 Å². The largest absolute Gasteiger partial charge is 0.481 e. The van der Waals surface area contributed by atoms with Gasteiger partial charge in [-0.2, -0.15) is 13.2 Å². The topological polar surface area (TPSA) is 49.3 Å². The average molecular weight is 169 g/mol. The Labute approximate surface area is 60.2 Å². The summed E-state index contributed by atoms with van der Waals surface area (Å²) in [6, 6.07) is -1.86. The SMILES string of the molecule is O=C(O)C1CNC1C(F)(F)F. The van der Waals surface area contributed by atoms with Crippen LogP contribution in [0.2, 0.25) is 0 Å². The van der Waals surface area contributed by atoms with Crippen LogP contribution in [0.1, 0.15) is 0 Å². The molecule has 0 aromatic rings. The maximum atomic E-state index is 11.8. The Balaban J connectivity index is 2.57. The molecular formula is C5H6F3NO2. The molecule has 2 N–H and O–H groups in total. The summed E-state index contributed by atoms with van der Waals surface area (Å²) < 4.78 is 35.4. The fourth-order valence-corrected chi connectivity index (χ4v) is 0.927. The van der Waals surface area contributed by atoms with Crippen molar-refractivity contribution in [2.24, 2.45) is 5.92 Å². The Morgan fingerprint density at radius 3 is 2.18 bits per heavy atom. The van der Waals surface area contributed by atoms with Gasteiger partial charge in [-0.15, -0.1) is 0 Å². The summed E-state index contributed by atoms with van der Waals surface area (Å²) in [4.78, 5) is 10.1. The third-order valence-electron chi connectivity index (χ3n) is 1.63. The van der Waals surface area contributed by atoms with Gasteiger partial charge < -0.3 is 10.4 Å². The van der Waals surface area contributed by atoms with Gasteiger partial charge in [0.1, 0.15) is 6.04 Å². The van der Waals surface area contributed by atoms with Gasteiger partial charge in [0.05, 0.1) is 5.92 Å². The average Bonchev–Trinajstić information content (AvgIpc) is 1.51. The molecule has 6 heteroatoms.